The molecule has 0 fully saturated rings. The van der Waals surface area contributed by atoms with E-state index in [4.69, 9.17) is 12.3 Å². The number of nitrogen functional groups attached to an aromatic ring is 1. The van der Waals surface area contributed by atoms with E-state index in [1.54, 1.807) is 18.6 Å². The van der Waals surface area contributed by atoms with Crippen LogP contribution in [0.1, 0.15) is 0 Å². The fraction of sp³-hybridized carbons (Fsp3) is 0.0476. The van der Waals surface area contributed by atoms with Gasteiger partial charge in [-0.1, -0.05) is 24.3 Å². The van der Waals surface area contributed by atoms with Crippen LogP contribution >= 0.6 is 0 Å². The molecular formula is C21H15N7. The number of aromatic nitrogens is 5. The molecule has 2 N–H and O–H groups in total. The zero-order valence-corrected chi connectivity index (χ0v) is 15.0. The second-order valence-electron chi connectivity index (χ2n) is 6.54. The van der Waals surface area contributed by atoms with Gasteiger partial charge in [-0.15, -0.1) is 0 Å². The van der Waals surface area contributed by atoms with Crippen molar-refractivity contribution in [3.8, 4) is 22.5 Å². The minimum absolute atomic E-state index is 0.346. The lowest BCUT2D eigenvalue weighted by Gasteiger charge is -2.14. The lowest BCUT2D eigenvalue weighted by molar-refractivity contribution is 0.947. The molecule has 0 radical (unpaired) electrons. The lowest BCUT2D eigenvalue weighted by atomic mass is 10.0. The van der Waals surface area contributed by atoms with Crippen LogP contribution in [0.4, 0.5) is 11.5 Å². The second kappa shape index (κ2) is 5.93. The molecule has 5 aromatic rings. The molecule has 0 aliphatic heterocycles. The summed E-state index contributed by atoms with van der Waals surface area (Å²) in [6, 6.07) is 13.5. The van der Waals surface area contributed by atoms with Crippen LogP contribution in [0, 0.1) is 6.57 Å². The van der Waals surface area contributed by atoms with E-state index in [1.165, 1.54) is 0 Å². The smallest absolute Gasteiger partial charge is 0.187 e. The Kier molecular flexibility index (Phi) is 3.39. The molecule has 7 nitrogen and oxygen atoms in total. The van der Waals surface area contributed by atoms with Crippen LogP contribution < -0.4 is 5.73 Å². The Morgan fingerprint density at radius 3 is 2.82 bits per heavy atom. The maximum atomic E-state index is 7.32. The van der Waals surface area contributed by atoms with Crippen molar-refractivity contribution in [2.75, 3.05) is 5.73 Å². The third-order valence-electron chi connectivity index (χ3n) is 4.81. The van der Waals surface area contributed by atoms with Crippen molar-refractivity contribution in [1.82, 2.24) is 23.9 Å². The number of benzene rings is 2. The number of hydrogen-bond donors (Lipinski definition) is 1. The molecule has 0 saturated heterocycles. The Labute approximate surface area is 160 Å². The molecule has 7 heteroatoms. The highest BCUT2D eigenvalue weighted by molar-refractivity contribution is 5.88. The van der Waals surface area contributed by atoms with Gasteiger partial charge in [-0.25, -0.2) is 19.8 Å². The van der Waals surface area contributed by atoms with Gasteiger partial charge in [0, 0.05) is 25.0 Å². The van der Waals surface area contributed by atoms with Gasteiger partial charge < -0.3 is 10.3 Å². The first kappa shape index (κ1) is 16.0. The minimum atomic E-state index is 0.346. The molecular weight excluding hydrogens is 350 g/mol. The number of hydrogen-bond acceptors (Lipinski definition) is 4. The zero-order valence-electron chi connectivity index (χ0n) is 15.0. The Morgan fingerprint density at radius 2 is 1.96 bits per heavy atom. The number of fused-ring (bicyclic) bond motifs is 2. The number of aryl methyl sites for hydroxylation is 1. The normalized spacial score (nSPS) is 11.1. The van der Waals surface area contributed by atoms with E-state index >= 15 is 0 Å². The van der Waals surface area contributed by atoms with Crippen molar-refractivity contribution in [1.29, 1.82) is 0 Å². The topological polar surface area (TPSA) is 78.4 Å². The Morgan fingerprint density at radius 1 is 1.07 bits per heavy atom. The van der Waals surface area contributed by atoms with E-state index in [-0.39, 0.29) is 0 Å². The third kappa shape index (κ3) is 2.32. The number of nitrogens with zero attached hydrogens (tertiary/aromatic N) is 6. The summed E-state index contributed by atoms with van der Waals surface area (Å²) >= 11 is 0. The van der Waals surface area contributed by atoms with E-state index in [1.807, 2.05) is 52.5 Å². The van der Waals surface area contributed by atoms with E-state index in [0.29, 0.717) is 22.8 Å². The molecule has 5 rings (SSSR count). The molecule has 0 saturated carbocycles. The first-order chi connectivity index (χ1) is 13.7. The van der Waals surface area contributed by atoms with Gasteiger partial charge in [0.1, 0.15) is 0 Å². The van der Waals surface area contributed by atoms with Gasteiger partial charge in [0.2, 0.25) is 0 Å². The quantitative estimate of drug-likeness (QED) is 0.478. The van der Waals surface area contributed by atoms with Crippen molar-refractivity contribution in [2.24, 2.45) is 7.05 Å². The van der Waals surface area contributed by atoms with Gasteiger partial charge in [-0.3, -0.25) is 4.40 Å². The molecule has 0 aliphatic rings. The molecule has 0 spiro atoms. The van der Waals surface area contributed by atoms with Crippen molar-refractivity contribution >= 4 is 28.2 Å². The summed E-state index contributed by atoms with van der Waals surface area (Å²) in [5.41, 5.74) is 12.6. The number of anilines is 1. The standard InChI is InChI=1S/C21H15N7/c1-23-15-5-3-4-13(10-15)18-19(28-9-8-24-21(28)20(22)26-18)14-6-7-16-17(11-14)27(2)12-25-16/h3-12H,2H3,(H2,22,26). The Hall–Kier alpha value is -4.18. The van der Waals surface area contributed by atoms with Crippen molar-refractivity contribution in [2.45, 2.75) is 0 Å². The predicted molar refractivity (Wildman–Crippen MR) is 109 cm³/mol. The van der Waals surface area contributed by atoms with Gasteiger partial charge in [0.25, 0.3) is 0 Å². The van der Waals surface area contributed by atoms with Crippen molar-refractivity contribution < 1.29 is 0 Å². The zero-order chi connectivity index (χ0) is 19.3. The first-order valence-corrected chi connectivity index (χ1v) is 8.67. The van der Waals surface area contributed by atoms with E-state index in [2.05, 4.69) is 25.9 Å². The predicted octanol–water partition coefficient (Wildman–Crippen LogP) is 4.08. The number of nitrogens with two attached hydrogens (primary N) is 1. The maximum Gasteiger partial charge on any atom is 0.187 e. The summed E-state index contributed by atoms with van der Waals surface area (Å²) in [6.45, 7) is 7.32. The first-order valence-electron chi connectivity index (χ1n) is 8.67. The van der Waals surface area contributed by atoms with Crippen LogP contribution in [0.3, 0.4) is 0 Å². The van der Waals surface area contributed by atoms with Crippen LogP contribution in [-0.2, 0) is 7.05 Å². The monoisotopic (exact) mass is 365 g/mol. The molecule has 134 valence electrons. The minimum Gasteiger partial charge on any atom is -0.381 e. The number of rotatable bonds is 2. The van der Waals surface area contributed by atoms with Gasteiger partial charge >= 0.3 is 0 Å². The van der Waals surface area contributed by atoms with Gasteiger partial charge in [-0.2, -0.15) is 0 Å². The summed E-state index contributed by atoms with van der Waals surface area (Å²) in [5, 5.41) is 0. The average molecular weight is 365 g/mol. The van der Waals surface area contributed by atoms with E-state index in [9.17, 15) is 0 Å². The van der Waals surface area contributed by atoms with Crippen LogP contribution in [0.15, 0.2) is 61.2 Å². The summed E-state index contributed by atoms with van der Waals surface area (Å²) in [5.74, 6) is 0.346. The van der Waals surface area contributed by atoms with Crippen LogP contribution in [-0.4, -0.2) is 23.9 Å². The molecule has 0 aliphatic carbocycles. The number of imidazole rings is 2. The van der Waals surface area contributed by atoms with E-state index in [0.717, 1.165) is 27.9 Å². The molecule has 0 amide bonds. The fourth-order valence-corrected chi connectivity index (χ4v) is 3.48. The molecule has 28 heavy (non-hydrogen) atoms. The molecule has 0 bridgehead atoms. The Bertz CT molecular complexity index is 1400. The van der Waals surface area contributed by atoms with Gasteiger partial charge in [0.05, 0.1) is 35.3 Å². The second-order valence-corrected chi connectivity index (χ2v) is 6.54. The summed E-state index contributed by atoms with van der Waals surface area (Å²) in [6.07, 6.45) is 5.37. The fourth-order valence-electron chi connectivity index (χ4n) is 3.48. The van der Waals surface area contributed by atoms with Crippen molar-refractivity contribution in [3.63, 3.8) is 0 Å². The maximum absolute atomic E-state index is 7.32. The molecule has 0 atom stereocenters. The Balaban J connectivity index is 1.87. The largest absolute Gasteiger partial charge is 0.381 e. The summed E-state index contributed by atoms with van der Waals surface area (Å²) in [4.78, 5) is 16.9. The molecule has 0 unspecified atom stereocenters. The summed E-state index contributed by atoms with van der Waals surface area (Å²) < 4.78 is 3.92. The van der Waals surface area contributed by atoms with Gasteiger partial charge in [-0.05, 0) is 23.8 Å². The summed E-state index contributed by atoms with van der Waals surface area (Å²) in [7, 11) is 1.97. The highest BCUT2D eigenvalue weighted by atomic mass is 15.1. The van der Waals surface area contributed by atoms with E-state index < -0.39 is 0 Å². The third-order valence-corrected chi connectivity index (χ3v) is 4.81. The lowest BCUT2D eigenvalue weighted by Crippen LogP contribution is -2.03. The molecule has 2 aromatic carbocycles. The van der Waals surface area contributed by atoms with Crippen LogP contribution in [0.25, 0.3) is 44.0 Å². The molecule has 3 aromatic heterocycles. The van der Waals surface area contributed by atoms with Gasteiger partial charge in [0.15, 0.2) is 17.2 Å². The highest BCUT2D eigenvalue weighted by Crippen LogP contribution is 2.35. The average Bonchev–Trinajstić information content (AvgIpc) is 3.35. The SMILES string of the molecule is [C-]#[N+]c1cccc(-c2nc(N)c3nccn3c2-c2ccc3ncn(C)c3c2)c1. The highest BCUT2D eigenvalue weighted by Gasteiger charge is 2.18. The molecule has 3 heterocycles. The van der Waals surface area contributed by atoms with Crippen molar-refractivity contribution in [3.05, 3.63) is 72.6 Å². The van der Waals surface area contributed by atoms with Crippen LogP contribution in [0.2, 0.25) is 0 Å². The van der Waals surface area contributed by atoms with Crippen LogP contribution in [0.5, 0.6) is 0 Å².